The van der Waals surface area contributed by atoms with Gasteiger partial charge in [-0.3, -0.25) is 0 Å². The van der Waals surface area contributed by atoms with E-state index in [9.17, 15) is 0 Å². The summed E-state index contributed by atoms with van der Waals surface area (Å²) in [5, 5.41) is 0. The van der Waals surface area contributed by atoms with Gasteiger partial charge in [0, 0.05) is 11.3 Å². The molecule has 2 rings (SSSR count). The normalized spacial score (nSPS) is 10.4. The second kappa shape index (κ2) is 3.18. The van der Waals surface area contributed by atoms with Crippen molar-refractivity contribution in [3.05, 3.63) is 35.7 Å². The molecule has 0 saturated carbocycles. The molecule has 3 nitrogen and oxygen atoms in total. The van der Waals surface area contributed by atoms with E-state index in [0.717, 1.165) is 22.4 Å². The molecule has 1 aromatic carbocycles. The molecule has 0 saturated heterocycles. The van der Waals surface area contributed by atoms with Crippen molar-refractivity contribution < 1.29 is 4.42 Å². The first-order chi connectivity index (χ1) is 6.68. The van der Waals surface area contributed by atoms with Gasteiger partial charge < -0.3 is 10.2 Å². The molecule has 2 N–H and O–H groups in total. The topological polar surface area (TPSA) is 52.0 Å². The maximum absolute atomic E-state index is 5.83. The summed E-state index contributed by atoms with van der Waals surface area (Å²) in [5.41, 5.74) is 9.76. The van der Waals surface area contributed by atoms with E-state index < -0.39 is 0 Å². The van der Waals surface area contributed by atoms with Crippen molar-refractivity contribution >= 4 is 5.69 Å². The van der Waals surface area contributed by atoms with Gasteiger partial charge in [0.2, 0.25) is 5.89 Å². The van der Waals surface area contributed by atoms with E-state index in [4.69, 9.17) is 10.2 Å². The van der Waals surface area contributed by atoms with Crippen LogP contribution in [0.25, 0.3) is 11.5 Å². The van der Waals surface area contributed by atoms with E-state index in [1.165, 1.54) is 0 Å². The SMILES string of the molecule is Cc1cc(C)c(-c2ncco2)cc1N. The van der Waals surface area contributed by atoms with Crippen LogP contribution in [0.2, 0.25) is 0 Å². The Morgan fingerprint density at radius 3 is 2.64 bits per heavy atom. The predicted molar refractivity (Wildman–Crippen MR) is 55.8 cm³/mol. The van der Waals surface area contributed by atoms with Gasteiger partial charge in [-0.2, -0.15) is 0 Å². The van der Waals surface area contributed by atoms with Crippen molar-refractivity contribution in [3.8, 4) is 11.5 Å². The number of aromatic nitrogens is 1. The minimum atomic E-state index is 0.620. The van der Waals surface area contributed by atoms with E-state index in [0.29, 0.717) is 5.89 Å². The van der Waals surface area contributed by atoms with Crippen molar-refractivity contribution in [1.82, 2.24) is 4.98 Å². The van der Waals surface area contributed by atoms with Gasteiger partial charge in [-0.1, -0.05) is 6.07 Å². The van der Waals surface area contributed by atoms with Crippen molar-refractivity contribution in [2.75, 3.05) is 5.73 Å². The third-order valence-corrected chi connectivity index (χ3v) is 2.28. The number of oxazole rings is 1. The second-order valence-corrected chi connectivity index (χ2v) is 3.36. The van der Waals surface area contributed by atoms with Gasteiger partial charge in [-0.05, 0) is 31.0 Å². The van der Waals surface area contributed by atoms with Crippen LogP contribution in [0, 0.1) is 13.8 Å². The summed E-state index contributed by atoms with van der Waals surface area (Å²) in [6.07, 6.45) is 3.19. The summed E-state index contributed by atoms with van der Waals surface area (Å²) < 4.78 is 5.23. The number of nitrogens with two attached hydrogens (primary N) is 1. The van der Waals surface area contributed by atoms with Crippen LogP contribution in [0.15, 0.2) is 29.0 Å². The number of nitrogens with zero attached hydrogens (tertiary/aromatic N) is 1. The Kier molecular flexibility index (Phi) is 2.00. The average molecular weight is 188 g/mol. The highest BCUT2D eigenvalue weighted by Crippen LogP contribution is 2.26. The number of benzene rings is 1. The highest BCUT2D eigenvalue weighted by Gasteiger charge is 2.07. The molecule has 0 aliphatic rings. The minimum absolute atomic E-state index is 0.620. The predicted octanol–water partition coefficient (Wildman–Crippen LogP) is 2.54. The first kappa shape index (κ1) is 8.81. The van der Waals surface area contributed by atoms with E-state index >= 15 is 0 Å². The van der Waals surface area contributed by atoms with Gasteiger partial charge in [0.1, 0.15) is 6.26 Å². The van der Waals surface area contributed by atoms with Crippen LogP contribution in [-0.4, -0.2) is 4.98 Å². The van der Waals surface area contributed by atoms with E-state index in [1.807, 2.05) is 26.0 Å². The molecule has 0 atom stereocenters. The number of nitrogen functional groups attached to an aromatic ring is 1. The second-order valence-electron chi connectivity index (χ2n) is 3.36. The molecule has 1 heterocycles. The maximum atomic E-state index is 5.83. The zero-order valence-electron chi connectivity index (χ0n) is 8.24. The number of hydrogen-bond donors (Lipinski definition) is 1. The number of hydrogen-bond acceptors (Lipinski definition) is 3. The van der Waals surface area contributed by atoms with Gasteiger partial charge in [0.15, 0.2) is 0 Å². The Labute approximate surface area is 82.6 Å². The van der Waals surface area contributed by atoms with Crippen LogP contribution in [0.1, 0.15) is 11.1 Å². The zero-order chi connectivity index (χ0) is 10.1. The molecule has 1 aromatic heterocycles. The molecule has 0 aliphatic heterocycles. The summed E-state index contributed by atoms with van der Waals surface area (Å²) in [6, 6.07) is 3.94. The van der Waals surface area contributed by atoms with Gasteiger partial charge in [0.25, 0.3) is 0 Å². The molecule has 0 fully saturated rings. The van der Waals surface area contributed by atoms with E-state index in [2.05, 4.69) is 4.98 Å². The third-order valence-electron chi connectivity index (χ3n) is 2.28. The lowest BCUT2D eigenvalue weighted by Crippen LogP contribution is -1.93. The quantitative estimate of drug-likeness (QED) is 0.699. The summed E-state index contributed by atoms with van der Waals surface area (Å²) in [7, 11) is 0. The van der Waals surface area contributed by atoms with Crippen molar-refractivity contribution in [3.63, 3.8) is 0 Å². The highest BCUT2D eigenvalue weighted by atomic mass is 16.3. The molecular weight excluding hydrogens is 176 g/mol. The third kappa shape index (κ3) is 1.37. The first-order valence-corrected chi connectivity index (χ1v) is 4.45. The van der Waals surface area contributed by atoms with Gasteiger partial charge in [0.05, 0.1) is 6.20 Å². The van der Waals surface area contributed by atoms with Crippen LogP contribution in [-0.2, 0) is 0 Å². The molecule has 0 aliphatic carbocycles. The fourth-order valence-corrected chi connectivity index (χ4v) is 1.46. The van der Waals surface area contributed by atoms with Crippen molar-refractivity contribution in [2.45, 2.75) is 13.8 Å². The average Bonchev–Trinajstić information content (AvgIpc) is 2.64. The number of rotatable bonds is 1. The maximum Gasteiger partial charge on any atom is 0.226 e. The summed E-state index contributed by atoms with van der Waals surface area (Å²) in [6.45, 7) is 4.01. The molecule has 0 radical (unpaired) electrons. The Balaban J connectivity index is 2.60. The highest BCUT2D eigenvalue weighted by molar-refractivity contribution is 5.66. The molecular formula is C11H12N2O. The smallest absolute Gasteiger partial charge is 0.226 e. The largest absolute Gasteiger partial charge is 0.445 e. The van der Waals surface area contributed by atoms with Crippen LogP contribution in [0.5, 0.6) is 0 Å². The van der Waals surface area contributed by atoms with Gasteiger partial charge in [-0.15, -0.1) is 0 Å². The van der Waals surface area contributed by atoms with Crippen LogP contribution in [0.3, 0.4) is 0 Å². The fourth-order valence-electron chi connectivity index (χ4n) is 1.46. The Bertz CT molecular complexity index is 447. The lowest BCUT2D eigenvalue weighted by molar-refractivity contribution is 0.574. The van der Waals surface area contributed by atoms with Crippen LogP contribution < -0.4 is 5.73 Å². The Morgan fingerprint density at radius 1 is 1.21 bits per heavy atom. The molecule has 72 valence electrons. The molecule has 14 heavy (non-hydrogen) atoms. The van der Waals surface area contributed by atoms with Crippen molar-refractivity contribution in [1.29, 1.82) is 0 Å². The monoisotopic (exact) mass is 188 g/mol. The standard InChI is InChI=1S/C11H12N2O/c1-7-5-8(2)10(12)6-9(7)11-13-3-4-14-11/h3-6H,12H2,1-2H3. The van der Waals surface area contributed by atoms with Gasteiger partial charge >= 0.3 is 0 Å². The Hall–Kier alpha value is -1.77. The van der Waals surface area contributed by atoms with Crippen molar-refractivity contribution in [2.24, 2.45) is 0 Å². The fraction of sp³-hybridized carbons (Fsp3) is 0.182. The molecule has 2 aromatic rings. The number of aryl methyl sites for hydroxylation is 2. The number of anilines is 1. The summed E-state index contributed by atoms with van der Waals surface area (Å²) >= 11 is 0. The first-order valence-electron chi connectivity index (χ1n) is 4.45. The van der Waals surface area contributed by atoms with E-state index in [-0.39, 0.29) is 0 Å². The zero-order valence-corrected chi connectivity index (χ0v) is 8.24. The minimum Gasteiger partial charge on any atom is -0.445 e. The molecule has 0 amide bonds. The molecule has 3 heteroatoms. The molecule has 0 unspecified atom stereocenters. The lowest BCUT2D eigenvalue weighted by atomic mass is 10.0. The molecule has 0 spiro atoms. The van der Waals surface area contributed by atoms with Crippen LogP contribution >= 0.6 is 0 Å². The lowest BCUT2D eigenvalue weighted by Gasteiger charge is -2.06. The van der Waals surface area contributed by atoms with Crippen LogP contribution in [0.4, 0.5) is 5.69 Å². The molecule has 0 bridgehead atoms. The van der Waals surface area contributed by atoms with E-state index in [1.54, 1.807) is 12.5 Å². The summed E-state index contributed by atoms with van der Waals surface area (Å²) in [5.74, 6) is 0.620. The van der Waals surface area contributed by atoms with Gasteiger partial charge in [-0.25, -0.2) is 4.98 Å². The summed E-state index contributed by atoms with van der Waals surface area (Å²) in [4.78, 5) is 4.10. The Morgan fingerprint density at radius 2 is 2.00 bits per heavy atom.